The molecule has 0 saturated heterocycles. The summed E-state index contributed by atoms with van der Waals surface area (Å²) in [6, 6.07) is 6.98. The van der Waals surface area contributed by atoms with Crippen molar-refractivity contribution >= 4 is 6.08 Å². The topological polar surface area (TPSA) is 0 Å². The van der Waals surface area contributed by atoms with Crippen LogP contribution in [0.25, 0.3) is 6.08 Å². The fourth-order valence-electron chi connectivity index (χ4n) is 2.53. The van der Waals surface area contributed by atoms with Crippen LogP contribution in [0, 0.1) is 5.41 Å². The summed E-state index contributed by atoms with van der Waals surface area (Å²) in [5.74, 6) is 0.562. The molecule has 0 aromatic heterocycles. The maximum Gasteiger partial charge on any atom is 0.00758 e. The molecule has 0 fully saturated rings. The average molecular weight is 228 g/mol. The lowest BCUT2D eigenvalue weighted by atomic mass is 9.77. The van der Waals surface area contributed by atoms with Crippen molar-refractivity contribution in [2.24, 2.45) is 5.41 Å². The third-order valence-corrected chi connectivity index (χ3v) is 3.69. The molecular formula is C17H24. The molecule has 0 aliphatic heterocycles. The summed E-state index contributed by atoms with van der Waals surface area (Å²) in [7, 11) is 0. The minimum absolute atomic E-state index is 0.239. The molecule has 0 amide bonds. The smallest absolute Gasteiger partial charge is 0.00758 e. The molecule has 0 heterocycles. The maximum atomic E-state index is 2.36. The van der Waals surface area contributed by atoms with Crippen molar-refractivity contribution in [2.45, 2.75) is 52.9 Å². The third-order valence-electron chi connectivity index (χ3n) is 3.69. The van der Waals surface area contributed by atoms with Gasteiger partial charge in [-0.1, -0.05) is 71.9 Å². The van der Waals surface area contributed by atoms with Crippen molar-refractivity contribution in [1.29, 1.82) is 0 Å². The van der Waals surface area contributed by atoms with Gasteiger partial charge >= 0.3 is 0 Å². The lowest BCUT2D eigenvalue weighted by Crippen LogP contribution is -2.16. The van der Waals surface area contributed by atoms with E-state index < -0.39 is 0 Å². The number of benzene rings is 1. The first-order chi connectivity index (χ1) is 7.69. The van der Waals surface area contributed by atoms with Gasteiger partial charge in [0.1, 0.15) is 0 Å². The summed E-state index contributed by atoms with van der Waals surface area (Å²) < 4.78 is 0. The number of rotatable bonds is 0. The number of fused-ring (bicyclic) bond motifs is 1. The standard InChI is InChI=1S/C17H24/c1-16(2,3)13-8-9-14-12(11-13)7-10-15(14)17(4,5)6/h7-11,15H,1-6H3. The Balaban J connectivity index is 2.43. The molecule has 1 aromatic rings. The van der Waals surface area contributed by atoms with E-state index in [-0.39, 0.29) is 5.41 Å². The minimum Gasteiger partial charge on any atom is -0.0759 e. The highest BCUT2D eigenvalue weighted by Crippen LogP contribution is 2.43. The van der Waals surface area contributed by atoms with Crippen molar-refractivity contribution in [3.63, 3.8) is 0 Å². The van der Waals surface area contributed by atoms with Crippen LogP contribution < -0.4 is 0 Å². The molecular weight excluding hydrogens is 204 g/mol. The molecule has 0 nitrogen and oxygen atoms in total. The zero-order chi connectivity index (χ0) is 12.8. The first kappa shape index (κ1) is 12.4. The van der Waals surface area contributed by atoms with Crippen LogP contribution in [0.1, 0.15) is 64.2 Å². The Morgan fingerprint density at radius 2 is 1.59 bits per heavy atom. The van der Waals surface area contributed by atoms with Crippen LogP contribution in [0.5, 0.6) is 0 Å². The van der Waals surface area contributed by atoms with Crippen molar-refractivity contribution in [3.8, 4) is 0 Å². The predicted octanol–water partition coefficient (Wildman–Crippen LogP) is 5.14. The molecule has 1 aromatic carbocycles. The normalized spacial score (nSPS) is 19.5. The largest absolute Gasteiger partial charge is 0.0759 e. The van der Waals surface area contributed by atoms with E-state index in [4.69, 9.17) is 0 Å². The van der Waals surface area contributed by atoms with Crippen LogP contribution in [-0.4, -0.2) is 0 Å². The van der Waals surface area contributed by atoms with Crippen LogP contribution in [0.15, 0.2) is 24.3 Å². The fraction of sp³-hybridized carbons (Fsp3) is 0.529. The van der Waals surface area contributed by atoms with E-state index in [1.165, 1.54) is 16.7 Å². The number of allylic oxidation sites excluding steroid dienone is 1. The van der Waals surface area contributed by atoms with E-state index >= 15 is 0 Å². The van der Waals surface area contributed by atoms with Crippen LogP contribution in [0.2, 0.25) is 0 Å². The quantitative estimate of drug-likeness (QED) is 0.576. The van der Waals surface area contributed by atoms with E-state index in [0.29, 0.717) is 11.3 Å². The van der Waals surface area contributed by atoms with Gasteiger partial charge in [-0.05, 0) is 27.5 Å². The molecule has 0 bridgehead atoms. The Kier molecular flexibility index (Phi) is 2.72. The second-order valence-electron chi connectivity index (χ2n) is 7.30. The van der Waals surface area contributed by atoms with Crippen LogP contribution in [0.4, 0.5) is 0 Å². The number of hydrogen-bond acceptors (Lipinski definition) is 0. The van der Waals surface area contributed by atoms with Crippen LogP contribution in [0.3, 0.4) is 0 Å². The predicted molar refractivity (Wildman–Crippen MR) is 76.4 cm³/mol. The molecule has 1 unspecified atom stereocenters. The van der Waals surface area contributed by atoms with Gasteiger partial charge in [-0.3, -0.25) is 0 Å². The lowest BCUT2D eigenvalue weighted by molar-refractivity contribution is 0.370. The molecule has 0 heteroatoms. The fourth-order valence-corrected chi connectivity index (χ4v) is 2.53. The summed E-state index contributed by atoms with van der Waals surface area (Å²) in [6.45, 7) is 13.8. The van der Waals surface area contributed by atoms with Crippen molar-refractivity contribution < 1.29 is 0 Å². The van der Waals surface area contributed by atoms with E-state index in [2.05, 4.69) is 71.9 Å². The monoisotopic (exact) mass is 228 g/mol. The van der Waals surface area contributed by atoms with Crippen molar-refractivity contribution in [1.82, 2.24) is 0 Å². The Hall–Kier alpha value is -1.04. The van der Waals surface area contributed by atoms with Gasteiger partial charge in [0.2, 0.25) is 0 Å². The second kappa shape index (κ2) is 3.73. The van der Waals surface area contributed by atoms with Gasteiger partial charge < -0.3 is 0 Å². The summed E-state index contributed by atoms with van der Waals surface area (Å²) in [6.07, 6.45) is 4.65. The molecule has 92 valence electrons. The second-order valence-corrected chi connectivity index (χ2v) is 7.30. The summed E-state index contributed by atoms with van der Waals surface area (Å²) in [5.41, 5.74) is 4.88. The van der Waals surface area contributed by atoms with Gasteiger partial charge in [0.05, 0.1) is 0 Å². The highest BCUT2D eigenvalue weighted by molar-refractivity contribution is 5.64. The lowest BCUT2D eigenvalue weighted by Gasteiger charge is -2.27. The van der Waals surface area contributed by atoms with Gasteiger partial charge in [-0.2, -0.15) is 0 Å². The molecule has 0 radical (unpaired) electrons. The molecule has 0 N–H and O–H groups in total. The molecule has 0 saturated carbocycles. The van der Waals surface area contributed by atoms with Gasteiger partial charge in [0.15, 0.2) is 0 Å². The maximum absolute atomic E-state index is 2.36. The van der Waals surface area contributed by atoms with Gasteiger partial charge in [0, 0.05) is 5.92 Å². The summed E-state index contributed by atoms with van der Waals surface area (Å²) in [5, 5.41) is 0. The average Bonchev–Trinajstić information content (AvgIpc) is 2.57. The molecule has 1 atom stereocenters. The van der Waals surface area contributed by atoms with Gasteiger partial charge in [-0.25, -0.2) is 0 Å². The van der Waals surface area contributed by atoms with Crippen molar-refractivity contribution in [3.05, 3.63) is 41.0 Å². The Labute approximate surface area is 106 Å². The van der Waals surface area contributed by atoms with E-state index in [1.54, 1.807) is 0 Å². The van der Waals surface area contributed by atoms with Crippen LogP contribution in [-0.2, 0) is 5.41 Å². The minimum atomic E-state index is 0.239. The summed E-state index contributed by atoms with van der Waals surface area (Å²) in [4.78, 5) is 0. The van der Waals surface area contributed by atoms with Gasteiger partial charge in [0.25, 0.3) is 0 Å². The zero-order valence-corrected chi connectivity index (χ0v) is 12.0. The third kappa shape index (κ3) is 2.31. The van der Waals surface area contributed by atoms with Crippen molar-refractivity contribution in [2.75, 3.05) is 0 Å². The SMILES string of the molecule is CC(C)(C)c1ccc2c(c1)C=CC2C(C)(C)C. The molecule has 0 spiro atoms. The first-order valence-corrected chi connectivity index (χ1v) is 6.52. The molecule has 2 rings (SSSR count). The zero-order valence-electron chi connectivity index (χ0n) is 12.0. The summed E-state index contributed by atoms with van der Waals surface area (Å²) >= 11 is 0. The molecule has 17 heavy (non-hydrogen) atoms. The molecule has 1 aliphatic rings. The Morgan fingerprint density at radius 1 is 0.941 bits per heavy atom. The van der Waals surface area contributed by atoms with Crippen LogP contribution >= 0.6 is 0 Å². The van der Waals surface area contributed by atoms with E-state index in [9.17, 15) is 0 Å². The van der Waals surface area contributed by atoms with E-state index in [1.807, 2.05) is 0 Å². The molecule has 1 aliphatic carbocycles. The number of hydrogen-bond donors (Lipinski definition) is 0. The van der Waals surface area contributed by atoms with E-state index in [0.717, 1.165) is 0 Å². The Morgan fingerprint density at radius 3 is 2.12 bits per heavy atom. The first-order valence-electron chi connectivity index (χ1n) is 6.52. The highest BCUT2D eigenvalue weighted by atomic mass is 14.3. The Bertz CT molecular complexity index is 450. The highest BCUT2D eigenvalue weighted by Gasteiger charge is 2.29. The van der Waals surface area contributed by atoms with Gasteiger partial charge in [-0.15, -0.1) is 0 Å².